The van der Waals surface area contributed by atoms with Gasteiger partial charge in [-0.2, -0.15) is 0 Å². The van der Waals surface area contributed by atoms with Gasteiger partial charge in [-0.05, 0) is 57.2 Å². The molecule has 2 rings (SSSR count). The van der Waals surface area contributed by atoms with Crippen LogP contribution in [0.3, 0.4) is 0 Å². The zero-order valence-corrected chi connectivity index (χ0v) is 11.4. The van der Waals surface area contributed by atoms with Crippen LogP contribution in [0.5, 0.6) is 0 Å². The SMILES string of the molecule is CNC(Cc1cc(C)ccc1C)C1CCCC1. The van der Waals surface area contributed by atoms with Gasteiger partial charge in [-0.1, -0.05) is 36.6 Å². The fraction of sp³-hybridized carbons (Fsp3) is 0.625. The maximum atomic E-state index is 3.54. The van der Waals surface area contributed by atoms with Gasteiger partial charge >= 0.3 is 0 Å². The fourth-order valence-corrected chi connectivity index (χ4v) is 3.12. The van der Waals surface area contributed by atoms with Crippen LogP contribution in [0.4, 0.5) is 0 Å². The summed E-state index contributed by atoms with van der Waals surface area (Å²) in [6, 6.07) is 7.49. The number of hydrogen-bond acceptors (Lipinski definition) is 1. The lowest BCUT2D eigenvalue weighted by atomic mass is 9.90. The molecule has 0 aromatic heterocycles. The van der Waals surface area contributed by atoms with E-state index in [0.717, 1.165) is 5.92 Å². The third kappa shape index (κ3) is 3.10. The van der Waals surface area contributed by atoms with Crippen molar-refractivity contribution >= 4 is 0 Å². The van der Waals surface area contributed by atoms with Crippen LogP contribution in [-0.2, 0) is 6.42 Å². The maximum absolute atomic E-state index is 3.54. The van der Waals surface area contributed by atoms with Crippen molar-refractivity contribution < 1.29 is 0 Å². The monoisotopic (exact) mass is 231 g/mol. The van der Waals surface area contributed by atoms with Gasteiger partial charge in [0.15, 0.2) is 0 Å². The Balaban J connectivity index is 2.09. The molecule has 0 saturated heterocycles. The summed E-state index contributed by atoms with van der Waals surface area (Å²) in [6.45, 7) is 4.42. The lowest BCUT2D eigenvalue weighted by Crippen LogP contribution is -2.34. The van der Waals surface area contributed by atoms with Crippen LogP contribution in [-0.4, -0.2) is 13.1 Å². The van der Waals surface area contributed by atoms with E-state index < -0.39 is 0 Å². The Morgan fingerprint density at radius 1 is 1.24 bits per heavy atom. The first-order valence-corrected chi connectivity index (χ1v) is 6.94. The molecule has 1 aliphatic carbocycles. The molecule has 1 atom stereocenters. The minimum atomic E-state index is 0.665. The molecule has 0 bridgehead atoms. The molecule has 17 heavy (non-hydrogen) atoms. The van der Waals surface area contributed by atoms with Gasteiger partial charge in [0.2, 0.25) is 0 Å². The highest BCUT2D eigenvalue weighted by Gasteiger charge is 2.24. The molecule has 0 spiro atoms. The molecule has 94 valence electrons. The number of aryl methyl sites for hydroxylation is 2. The van der Waals surface area contributed by atoms with Crippen molar-refractivity contribution in [3.63, 3.8) is 0 Å². The topological polar surface area (TPSA) is 12.0 Å². The standard InChI is InChI=1S/C16H25N/c1-12-8-9-13(2)15(10-12)11-16(17-3)14-6-4-5-7-14/h8-10,14,16-17H,4-7,11H2,1-3H3. The Labute approximate surface area is 106 Å². The molecule has 0 amide bonds. The Morgan fingerprint density at radius 2 is 1.94 bits per heavy atom. The molecule has 1 aromatic carbocycles. The summed E-state index contributed by atoms with van der Waals surface area (Å²) < 4.78 is 0. The molecular weight excluding hydrogens is 206 g/mol. The minimum absolute atomic E-state index is 0.665. The van der Waals surface area contributed by atoms with Crippen LogP contribution in [0.15, 0.2) is 18.2 Å². The zero-order chi connectivity index (χ0) is 12.3. The van der Waals surface area contributed by atoms with E-state index in [1.165, 1.54) is 48.8 Å². The molecule has 1 heteroatoms. The Bertz CT molecular complexity index is 364. The van der Waals surface area contributed by atoms with E-state index in [0.29, 0.717) is 6.04 Å². The summed E-state index contributed by atoms with van der Waals surface area (Å²) in [7, 11) is 2.12. The van der Waals surface area contributed by atoms with Gasteiger partial charge in [0.05, 0.1) is 0 Å². The molecule has 1 N–H and O–H groups in total. The molecule has 1 unspecified atom stereocenters. The number of likely N-dealkylation sites (N-methyl/N-ethyl adjacent to an activating group) is 1. The minimum Gasteiger partial charge on any atom is -0.316 e. The average Bonchev–Trinajstić information content (AvgIpc) is 2.84. The lowest BCUT2D eigenvalue weighted by molar-refractivity contribution is 0.376. The second-order valence-electron chi connectivity index (χ2n) is 5.57. The van der Waals surface area contributed by atoms with E-state index in [4.69, 9.17) is 0 Å². The molecule has 1 nitrogen and oxygen atoms in total. The van der Waals surface area contributed by atoms with Crippen molar-refractivity contribution in [3.8, 4) is 0 Å². The van der Waals surface area contributed by atoms with E-state index in [-0.39, 0.29) is 0 Å². The first-order valence-electron chi connectivity index (χ1n) is 6.94. The first kappa shape index (κ1) is 12.6. The zero-order valence-electron chi connectivity index (χ0n) is 11.4. The molecular formula is C16H25N. The quantitative estimate of drug-likeness (QED) is 0.834. The van der Waals surface area contributed by atoms with Gasteiger partial charge in [0, 0.05) is 6.04 Å². The molecule has 1 aromatic rings. The Morgan fingerprint density at radius 3 is 2.59 bits per heavy atom. The average molecular weight is 231 g/mol. The molecule has 0 heterocycles. The van der Waals surface area contributed by atoms with Crippen LogP contribution in [0.2, 0.25) is 0 Å². The number of hydrogen-bond donors (Lipinski definition) is 1. The summed E-state index contributed by atoms with van der Waals surface area (Å²) in [5.41, 5.74) is 4.34. The summed E-state index contributed by atoms with van der Waals surface area (Å²) in [5.74, 6) is 0.889. The summed E-state index contributed by atoms with van der Waals surface area (Å²) in [5, 5.41) is 3.54. The third-order valence-corrected chi connectivity index (χ3v) is 4.28. The predicted molar refractivity (Wildman–Crippen MR) is 74.4 cm³/mol. The Kier molecular flexibility index (Phi) is 4.22. The number of nitrogens with one attached hydrogen (secondary N) is 1. The highest BCUT2D eigenvalue weighted by molar-refractivity contribution is 5.31. The van der Waals surface area contributed by atoms with Crippen LogP contribution >= 0.6 is 0 Å². The molecule has 1 fully saturated rings. The second kappa shape index (κ2) is 5.68. The molecule has 1 aliphatic rings. The smallest absolute Gasteiger partial charge is 0.0133 e. The lowest BCUT2D eigenvalue weighted by Gasteiger charge is -2.24. The van der Waals surface area contributed by atoms with Gasteiger partial charge in [0.25, 0.3) is 0 Å². The molecule has 1 saturated carbocycles. The normalized spacial score (nSPS) is 18.5. The van der Waals surface area contributed by atoms with Crippen molar-refractivity contribution in [2.24, 2.45) is 5.92 Å². The summed E-state index contributed by atoms with van der Waals surface area (Å²) in [4.78, 5) is 0. The van der Waals surface area contributed by atoms with Crippen molar-refractivity contribution in [1.29, 1.82) is 0 Å². The van der Waals surface area contributed by atoms with Gasteiger partial charge in [-0.25, -0.2) is 0 Å². The van der Waals surface area contributed by atoms with Crippen LogP contribution in [0.1, 0.15) is 42.4 Å². The highest BCUT2D eigenvalue weighted by Crippen LogP contribution is 2.29. The third-order valence-electron chi connectivity index (χ3n) is 4.28. The van der Waals surface area contributed by atoms with Gasteiger partial charge < -0.3 is 5.32 Å². The summed E-state index contributed by atoms with van der Waals surface area (Å²) in [6.07, 6.45) is 6.87. The van der Waals surface area contributed by atoms with E-state index in [2.05, 4.69) is 44.4 Å². The highest BCUT2D eigenvalue weighted by atomic mass is 14.9. The van der Waals surface area contributed by atoms with E-state index >= 15 is 0 Å². The van der Waals surface area contributed by atoms with Crippen molar-refractivity contribution in [2.75, 3.05) is 7.05 Å². The molecule has 0 radical (unpaired) electrons. The maximum Gasteiger partial charge on any atom is 0.0133 e. The van der Waals surface area contributed by atoms with Gasteiger partial charge in [-0.3, -0.25) is 0 Å². The first-order chi connectivity index (χ1) is 8.20. The van der Waals surface area contributed by atoms with Crippen molar-refractivity contribution in [3.05, 3.63) is 34.9 Å². The van der Waals surface area contributed by atoms with E-state index in [1.54, 1.807) is 0 Å². The van der Waals surface area contributed by atoms with Crippen molar-refractivity contribution in [1.82, 2.24) is 5.32 Å². The largest absolute Gasteiger partial charge is 0.316 e. The fourth-order valence-electron chi connectivity index (χ4n) is 3.12. The van der Waals surface area contributed by atoms with Gasteiger partial charge in [-0.15, -0.1) is 0 Å². The van der Waals surface area contributed by atoms with Gasteiger partial charge in [0.1, 0.15) is 0 Å². The Hall–Kier alpha value is -0.820. The number of benzene rings is 1. The second-order valence-corrected chi connectivity index (χ2v) is 5.57. The van der Waals surface area contributed by atoms with Crippen LogP contribution < -0.4 is 5.32 Å². The van der Waals surface area contributed by atoms with Crippen LogP contribution in [0, 0.1) is 19.8 Å². The van der Waals surface area contributed by atoms with Crippen LogP contribution in [0.25, 0.3) is 0 Å². The molecule has 0 aliphatic heterocycles. The number of rotatable bonds is 4. The van der Waals surface area contributed by atoms with E-state index in [9.17, 15) is 0 Å². The predicted octanol–water partition coefficient (Wildman–Crippen LogP) is 3.62. The van der Waals surface area contributed by atoms with Crippen molar-refractivity contribution in [2.45, 2.75) is 52.0 Å². The van der Waals surface area contributed by atoms with E-state index in [1.807, 2.05) is 0 Å². The summed E-state index contributed by atoms with van der Waals surface area (Å²) >= 11 is 0.